The van der Waals surface area contributed by atoms with E-state index in [2.05, 4.69) is 20.4 Å². The van der Waals surface area contributed by atoms with Crippen molar-refractivity contribution in [1.29, 1.82) is 0 Å². The average Bonchev–Trinajstić information content (AvgIpc) is 2.93. The molecule has 2 N–H and O–H groups in total. The van der Waals surface area contributed by atoms with E-state index < -0.39 is 6.61 Å². The van der Waals surface area contributed by atoms with Gasteiger partial charge in [0, 0.05) is 32.6 Å². The Kier molecular flexibility index (Phi) is 10.2. The lowest BCUT2D eigenvalue weighted by atomic mass is 10.2. The summed E-state index contributed by atoms with van der Waals surface area (Å²) in [6, 6.07) is 4.85. The molecule has 0 unspecified atom stereocenters. The van der Waals surface area contributed by atoms with Crippen molar-refractivity contribution in [2.45, 2.75) is 52.2 Å². The van der Waals surface area contributed by atoms with Crippen molar-refractivity contribution < 1.29 is 23.0 Å². The second kappa shape index (κ2) is 12.9. The van der Waals surface area contributed by atoms with Crippen molar-refractivity contribution in [3.63, 3.8) is 0 Å². The Morgan fingerprint density at radius 2 is 2.07 bits per heavy atom. The zero-order valence-electron chi connectivity index (χ0n) is 17.8. The average molecular weight is 427 g/mol. The molecule has 30 heavy (non-hydrogen) atoms. The van der Waals surface area contributed by atoms with Crippen LogP contribution in [0.4, 0.5) is 8.78 Å². The van der Waals surface area contributed by atoms with Crippen LogP contribution in [0.25, 0.3) is 0 Å². The highest BCUT2D eigenvalue weighted by Gasteiger charge is 2.15. The van der Waals surface area contributed by atoms with Crippen molar-refractivity contribution in [2.24, 2.45) is 4.99 Å². The topological polar surface area (TPSA) is 75.2 Å². The molecular formula is C21H32F2N4O3. The Bertz CT molecular complexity index is 701. The Balaban J connectivity index is 1.88. The minimum absolute atomic E-state index is 0.0136. The number of alkyl halides is 2. The third kappa shape index (κ3) is 8.04. The molecule has 1 fully saturated rings. The lowest BCUT2D eigenvalue weighted by Crippen LogP contribution is -2.39. The van der Waals surface area contributed by atoms with Crippen LogP contribution in [0.5, 0.6) is 11.5 Å². The number of guanidine groups is 1. The number of hydrogen-bond acceptors (Lipinski definition) is 4. The van der Waals surface area contributed by atoms with E-state index in [1.807, 2.05) is 11.8 Å². The first kappa shape index (κ1) is 23.7. The molecule has 1 amide bonds. The fourth-order valence-electron chi connectivity index (χ4n) is 3.27. The molecule has 0 aromatic heterocycles. The van der Waals surface area contributed by atoms with Gasteiger partial charge in [0.1, 0.15) is 0 Å². The number of carbonyl (C=O) groups is 1. The van der Waals surface area contributed by atoms with Gasteiger partial charge in [-0.2, -0.15) is 8.78 Å². The van der Waals surface area contributed by atoms with Gasteiger partial charge >= 0.3 is 6.61 Å². The van der Waals surface area contributed by atoms with E-state index in [1.54, 1.807) is 12.1 Å². The summed E-state index contributed by atoms with van der Waals surface area (Å²) in [5.74, 6) is 1.11. The highest BCUT2D eigenvalue weighted by Crippen LogP contribution is 2.29. The maximum Gasteiger partial charge on any atom is 0.387 e. The molecule has 1 aromatic carbocycles. The fraction of sp³-hybridized carbons (Fsp3) is 0.619. The van der Waals surface area contributed by atoms with Gasteiger partial charge in [0.25, 0.3) is 0 Å². The lowest BCUT2D eigenvalue weighted by Gasteiger charge is -2.20. The number of aliphatic imine (C=N–C) groups is 1. The largest absolute Gasteiger partial charge is 0.493 e. The summed E-state index contributed by atoms with van der Waals surface area (Å²) in [6.07, 6.45) is 4.65. The molecule has 0 aliphatic carbocycles. The fourth-order valence-corrected chi connectivity index (χ4v) is 3.27. The first-order chi connectivity index (χ1) is 14.5. The first-order valence-electron chi connectivity index (χ1n) is 10.4. The number of amides is 1. The molecule has 0 radical (unpaired) electrons. The van der Waals surface area contributed by atoms with Gasteiger partial charge in [0.15, 0.2) is 17.5 Å². The summed E-state index contributed by atoms with van der Waals surface area (Å²) in [7, 11) is 1.40. The van der Waals surface area contributed by atoms with E-state index in [-0.39, 0.29) is 17.4 Å². The molecule has 0 bridgehead atoms. The summed E-state index contributed by atoms with van der Waals surface area (Å²) in [4.78, 5) is 18.5. The highest BCUT2D eigenvalue weighted by atomic mass is 19.3. The summed E-state index contributed by atoms with van der Waals surface area (Å²) in [5, 5.41) is 6.42. The van der Waals surface area contributed by atoms with Crippen LogP contribution in [0.15, 0.2) is 23.2 Å². The van der Waals surface area contributed by atoms with Crippen LogP contribution in [0, 0.1) is 0 Å². The van der Waals surface area contributed by atoms with Crippen LogP contribution < -0.4 is 20.1 Å². The monoisotopic (exact) mass is 426 g/mol. The number of ether oxygens (including phenoxy) is 2. The Morgan fingerprint density at radius 1 is 1.23 bits per heavy atom. The second-order valence-electron chi connectivity index (χ2n) is 7.03. The highest BCUT2D eigenvalue weighted by molar-refractivity contribution is 5.79. The molecule has 1 aliphatic heterocycles. The zero-order valence-corrected chi connectivity index (χ0v) is 17.8. The number of hydrogen-bond donors (Lipinski definition) is 2. The van der Waals surface area contributed by atoms with Gasteiger partial charge in [-0.3, -0.25) is 4.79 Å². The smallest absolute Gasteiger partial charge is 0.387 e. The van der Waals surface area contributed by atoms with E-state index in [4.69, 9.17) is 4.74 Å². The first-order valence-corrected chi connectivity index (χ1v) is 10.4. The molecule has 1 saturated heterocycles. The Morgan fingerprint density at radius 3 is 2.80 bits per heavy atom. The van der Waals surface area contributed by atoms with Crippen LogP contribution in [0.2, 0.25) is 0 Å². The minimum Gasteiger partial charge on any atom is -0.493 e. The van der Waals surface area contributed by atoms with Crippen molar-refractivity contribution in [3.8, 4) is 11.5 Å². The maximum atomic E-state index is 12.6. The molecule has 9 heteroatoms. The van der Waals surface area contributed by atoms with Gasteiger partial charge in [0.2, 0.25) is 5.91 Å². The molecule has 168 valence electrons. The van der Waals surface area contributed by atoms with Crippen molar-refractivity contribution in [2.75, 3.05) is 33.3 Å². The third-order valence-corrected chi connectivity index (χ3v) is 4.78. The molecule has 2 rings (SSSR count). The number of halogens is 2. The summed E-state index contributed by atoms with van der Waals surface area (Å²) in [5.41, 5.74) is 0.721. The molecule has 7 nitrogen and oxygen atoms in total. The summed E-state index contributed by atoms with van der Waals surface area (Å²) >= 11 is 0. The molecule has 1 heterocycles. The van der Waals surface area contributed by atoms with Gasteiger partial charge in [-0.1, -0.05) is 12.5 Å². The van der Waals surface area contributed by atoms with Crippen LogP contribution in [-0.2, 0) is 11.3 Å². The van der Waals surface area contributed by atoms with Crippen molar-refractivity contribution in [1.82, 2.24) is 15.5 Å². The van der Waals surface area contributed by atoms with E-state index in [1.165, 1.54) is 13.2 Å². The third-order valence-electron chi connectivity index (χ3n) is 4.78. The summed E-state index contributed by atoms with van der Waals surface area (Å²) in [6.45, 7) is 2.29. The number of nitrogens with one attached hydrogen (secondary N) is 2. The Hall–Kier alpha value is -2.58. The standard InChI is InChI=1S/C21H32F2N4O3/c1-3-24-21(25-11-7-13-27-12-6-4-5-8-19(27)28)26-15-16-9-10-17(29-2)18(14-16)30-20(22)23/h9-10,14,20H,3-8,11-13,15H2,1-2H3,(H2,24,25,26). The molecule has 0 atom stereocenters. The minimum atomic E-state index is -2.92. The van der Waals surface area contributed by atoms with Crippen LogP contribution in [-0.4, -0.2) is 56.7 Å². The lowest BCUT2D eigenvalue weighted by molar-refractivity contribution is -0.130. The van der Waals surface area contributed by atoms with Crippen LogP contribution >= 0.6 is 0 Å². The number of likely N-dealkylation sites (tertiary alicyclic amines) is 1. The number of nitrogens with zero attached hydrogens (tertiary/aromatic N) is 2. The molecule has 1 aliphatic rings. The molecule has 0 spiro atoms. The van der Waals surface area contributed by atoms with Crippen molar-refractivity contribution in [3.05, 3.63) is 23.8 Å². The van der Waals surface area contributed by atoms with Crippen LogP contribution in [0.3, 0.4) is 0 Å². The van der Waals surface area contributed by atoms with Gasteiger partial charge < -0.3 is 25.0 Å². The molecule has 1 aromatic rings. The number of rotatable bonds is 10. The predicted molar refractivity (Wildman–Crippen MR) is 112 cm³/mol. The second-order valence-corrected chi connectivity index (χ2v) is 7.03. The van der Waals surface area contributed by atoms with Gasteiger partial charge in [-0.25, -0.2) is 4.99 Å². The van der Waals surface area contributed by atoms with Gasteiger partial charge in [-0.15, -0.1) is 0 Å². The molecular weight excluding hydrogens is 394 g/mol. The van der Waals surface area contributed by atoms with E-state index in [0.29, 0.717) is 32.0 Å². The quantitative estimate of drug-likeness (QED) is 0.342. The summed E-state index contributed by atoms with van der Waals surface area (Å²) < 4.78 is 34.7. The SMILES string of the molecule is CCNC(=NCc1ccc(OC)c(OC(F)F)c1)NCCCN1CCCCCC1=O. The van der Waals surface area contributed by atoms with E-state index in [0.717, 1.165) is 44.3 Å². The number of methoxy groups -OCH3 is 1. The molecule has 0 saturated carbocycles. The Labute approximate surface area is 176 Å². The van der Waals surface area contributed by atoms with E-state index in [9.17, 15) is 13.6 Å². The maximum absolute atomic E-state index is 12.6. The van der Waals surface area contributed by atoms with Gasteiger partial charge in [0.05, 0.1) is 13.7 Å². The van der Waals surface area contributed by atoms with E-state index >= 15 is 0 Å². The van der Waals surface area contributed by atoms with Gasteiger partial charge in [-0.05, 0) is 43.9 Å². The zero-order chi connectivity index (χ0) is 21.8. The number of benzene rings is 1. The predicted octanol–water partition coefficient (Wildman–Crippen LogP) is 3.14. The number of carbonyl (C=O) groups excluding carboxylic acids is 1. The normalized spacial score (nSPS) is 15.2. The van der Waals surface area contributed by atoms with Crippen LogP contribution in [0.1, 0.15) is 44.6 Å². The van der Waals surface area contributed by atoms with Crippen molar-refractivity contribution >= 4 is 11.9 Å².